The molecular formula is C12H15N5O3. The van der Waals surface area contributed by atoms with Crippen LogP contribution < -0.4 is 5.32 Å². The zero-order chi connectivity index (χ0) is 14.5. The molecule has 0 aliphatic rings. The number of nitrogens with one attached hydrogen (secondary N) is 1. The van der Waals surface area contributed by atoms with Crippen LogP contribution in [0.4, 0.5) is 0 Å². The van der Waals surface area contributed by atoms with Crippen LogP contribution in [0.25, 0.3) is 0 Å². The van der Waals surface area contributed by atoms with Crippen LogP contribution in [0.2, 0.25) is 0 Å². The minimum atomic E-state index is -1.07. The molecule has 2 aromatic rings. The van der Waals surface area contributed by atoms with E-state index in [0.717, 1.165) is 12.2 Å². The predicted molar refractivity (Wildman–Crippen MR) is 68.9 cm³/mol. The van der Waals surface area contributed by atoms with E-state index in [4.69, 9.17) is 5.11 Å². The molecule has 0 atom stereocenters. The molecule has 8 heteroatoms. The number of carboxylic acids is 1. The zero-order valence-corrected chi connectivity index (χ0v) is 11.0. The van der Waals surface area contributed by atoms with Gasteiger partial charge in [0.15, 0.2) is 0 Å². The summed E-state index contributed by atoms with van der Waals surface area (Å²) >= 11 is 0. The van der Waals surface area contributed by atoms with E-state index in [1.54, 1.807) is 10.9 Å². The Labute approximate surface area is 115 Å². The minimum Gasteiger partial charge on any atom is -0.478 e. The molecule has 1 amide bonds. The molecule has 2 rings (SSSR count). The fraction of sp³-hybridized carbons (Fsp3) is 0.333. The molecule has 0 aliphatic carbocycles. The highest BCUT2D eigenvalue weighted by Crippen LogP contribution is 1.99. The van der Waals surface area contributed by atoms with Crippen LogP contribution in [0.3, 0.4) is 0 Å². The van der Waals surface area contributed by atoms with Crippen molar-refractivity contribution in [2.24, 2.45) is 0 Å². The van der Waals surface area contributed by atoms with Gasteiger partial charge in [-0.15, -0.1) is 0 Å². The monoisotopic (exact) mass is 277 g/mol. The van der Waals surface area contributed by atoms with Crippen molar-refractivity contribution in [1.29, 1.82) is 0 Å². The maximum Gasteiger partial charge on any atom is 0.338 e. The lowest BCUT2D eigenvalue weighted by Crippen LogP contribution is -2.28. The van der Waals surface area contributed by atoms with E-state index in [-0.39, 0.29) is 18.0 Å². The highest BCUT2D eigenvalue weighted by atomic mass is 16.4. The first-order chi connectivity index (χ1) is 9.60. The van der Waals surface area contributed by atoms with Gasteiger partial charge >= 0.3 is 5.97 Å². The van der Waals surface area contributed by atoms with Crippen LogP contribution in [0, 0.1) is 0 Å². The number of carbonyl (C=O) groups excluding carboxylic acids is 1. The average Bonchev–Trinajstić information content (AvgIpc) is 3.04. The standard InChI is InChI=1S/C12H15N5O3/c1-2-17-10(3-4-14-17)6-13-11(18)8-16-7-9(5-15-16)12(19)20/h3-5,7H,2,6,8H2,1H3,(H,13,18)(H,19,20). The smallest absolute Gasteiger partial charge is 0.338 e. The molecular weight excluding hydrogens is 262 g/mol. The summed E-state index contributed by atoms with van der Waals surface area (Å²) in [6.45, 7) is 3.06. The number of carboxylic acid groups (broad SMARTS) is 1. The van der Waals surface area contributed by atoms with Gasteiger partial charge in [0.25, 0.3) is 0 Å². The zero-order valence-electron chi connectivity index (χ0n) is 11.0. The fourth-order valence-corrected chi connectivity index (χ4v) is 1.75. The number of hydrogen-bond donors (Lipinski definition) is 2. The van der Waals surface area contributed by atoms with Gasteiger partial charge in [-0.3, -0.25) is 14.2 Å². The van der Waals surface area contributed by atoms with Crippen molar-refractivity contribution in [2.45, 2.75) is 26.6 Å². The van der Waals surface area contributed by atoms with Crippen LogP contribution in [0.5, 0.6) is 0 Å². The second kappa shape index (κ2) is 6.00. The molecule has 0 bridgehead atoms. The number of aromatic nitrogens is 4. The molecule has 0 spiro atoms. The molecule has 0 saturated carbocycles. The Bertz CT molecular complexity index is 616. The van der Waals surface area contributed by atoms with E-state index < -0.39 is 5.97 Å². The third-order valence-electron chi connectivity index (χ3n) is 2.76. The summed E-state index contributed by atoms with van der Waals surface area (Å²) in [6, 6.07) is 1.83. The molecule has 20 heavy (non-hydrogen) atoms. The summed E-state index contributed by atoms with van der Waals surface area (Å²) in [5.74, 6) is -1.31. The Morgan fingerprint density at radius 2 is 2.20 bits per heavy atom. The maximum absolute atomic E-state index is 11.7. The van der Waals surface area contributed by atoms with Gasteiger partial charge in [0.1, 0.15) is 6.54 Å². The first-order valence-electron chi connectivity index (χ1n) is 6.13. The van der Waals surface area contributed by atoms with Crippen molar-refractivity contribution in [3.8, 4) is 0 Å². The molecule has 2 N–H and O–H groups in total. The number of aryl methyl sites for hydroxylation is 1. The van der Waals surface area contributed by atoms with Crippen LogP contribution in [-0.4, -0.2) is 36.5 Å². The average molecular weight is 277 g/mol. The van der Waals surface area contributed by atoms with Gasteiger partial charge in [0.05, 0.1) is 24.0 Å². The fourth-order valence-electron chi connectivity index (χ4n) is 1.75. The number of rotatable bonds is 6. The number of aromatic carboxylic acids is 1. The van der Waals surface area contributed by atoms with E-state index >= 15 is 0 Å². The normalized spacial score (nSPS) is 10.4. The van der Waals surface area contributed by atoms with Gasteiger partial charge in [0.2, 0.25) is 5.91 Å². The predicted octanol–water partition coefficient (Wildman–Crippen LogP) is 0.114. The second-order valence-electron chi connectivity index (χ2n) is 4.15. The molecule has 2 aromatic heterocycles. The van der Waals surface area contributed by atoms with E-state index in [9.17, 15) is 9.59 Å². The minimum absolute atomic E-state index is 0.0203. The maximum atomic E-state index is 11.7. The topological polar surface area (TPSA) is 102 Å². The summed E-state index contributed by atoms with van der Waals surface area (Å²) in [4.78, 5) is 22.4. The molecule has 0 fully saturated rings. The quantitative estimate of drug-likeness (QED) is 0.780. The third kappa shape index (κ3) is 3.22. The third-order valence-corrected chi connectivity index (χ3v) is 2.76. The van der Waals surface area contributed by atoms with Gasteiger partial charge in [-0.1, -0.05) is 0 Å². The Morgan fingerprint density at radius 1 is 1.40 bits per heavy atom. The van der Waals surface area contributed by atoms with Crippen molar-refractivity contribution in [3.63, 3.8) is 0 Å². The summed E-state index contributed by atoms with van der Waals surface area (Å²) in [5, 5.41) is 19.4. The lowest BCUT2D eigenvalue weighted by molar-refractivity contribution is -0.122. The summed E-state index contributed by atoms with van der Waals surface area (Å²) in [5.41, 5.74) is 0.967. The van der Waals surface area contributed by atoms with Gasteiger partial charge in [-0.2, -0.15) is 10.2 Å². The highest BCUT2D eigenvalue weighted by molar-refractivity contribution is 5.87. The van der Waals surface area contributed by atoms with Crippen LogP contribution in [-0.2, 0) is 24.4 Å². The van der Waals surface area contributed by atoms with Gasteiger partial charge in [-0.25, -0.2) is 4.79 Å². The van der Waals surface area contributed by atoms with Crippen molar-refractivity contribution in [1.82, 2.24) is 24.9 Å². The molecule has 2 heterocycles. The van der Waals surface area contributed by atoms with Crippen molar-refractivity contribution >= 4 is 11.9 Å². The Balaban J connectivity index is 1.87. The molecule has 0 saturated heterocycles. The lowest BCUT2D eigenvalue weighted by Gasteiger charge is -2.07. The van der Waals surface area contributed by atoms with E-state index in [2.05, 4.69) is 15.5 Å². The first kappa shape index (κ1) is 13.8. The summed E-state index contributed by atoms with van der Waals surface area (Å²) in [6.07, 6.45) is 4.21. The van der Waals surface area contributed by atoms with Gasteiger partial charge in [-0.05, 0) is 13.0 Å². The molecule has 0 unspecified atom stereocenters. The van der Waals surface area contributed by atoms with E-state index in [1.165, 1.54) is 17.1 Å². The molecule has 0 radical (unpaired) electrons. The highest BCUT2D eigenvalue weighted by Gasteiger charge is 2.09. The summed E-state index contributed by atoms with van der Waals surface area (Å²) in [7, 11) is 0. The van der Waals surface area contributed by atoms with Gasteiger partial charge < -0.3 is 10.4 Å². The second-order valence-corrected chi connectivity index (χ2v) is 4.15. The number of amides is 1. The van der Waals surface area contributed by atoms with Crippen LogP contribution >= 0.6 is 0 Å². The molecule has 0 aliphatic heterocycles. The van der Waals surface area contributed by atoms with Crippen molar-refractivity contribution in [2.75, 3.05) is 0 Å². The van der Waals surface area contributed by atoms with E-state index in [1.807, 2.05) is 13.0 Å². The first-order valence-corrected chi connectivity index (χ1v) is 6.13. The Hall–Kier alpha value is -2.64. The lowest BCUT2D eigenvalue weighted by atomic mass is 10.4. The van der Waals surface area contributed by atoms with E-state index in [0.29, 0.717) is 6.54 Å². The van der Waals surface area contributed by atoms with Crippen LogP contribution in [0.15, 0.2) is 24.7 Å². The summed E-state index contributed by atoms with van der Waals surface area (Å²) < 4.78 is 3.08. The largest absolute Gasteiger partial charge is 0.478 e. The molecule has 106 valence electrons. The number of hydrogen-bond acceptors (Lipinski definition) is 4. The number of nitrogens with zero attached hydrogens (tertiary/aromatic N) is 4. The van der Waals surface area contributed by atoms with Crippen molar-refractivity contribution < 1.29 is 14.7 Å². The molecule has 0 aromatic carbocycles. The van der Waals surface area contributed by atoms with Gasteiger partial charge in [0, 0.05) is 18.9 Å². The van der Waals surface area contributed by atoms with Crippen molar-refractivity contribution in [3.05, 3.63) is 35.9 Å². The Kier molecular flexibility index (Phi) is 4.14. The SMILES string of the molecule is CCn1nccc1CNC(=O)Cn1cc(C(=O)O)cn1. The molecule has 8 nitrogen and oxygen atoms in total. The van der Waals surface area contributed by atoms with Crippen LogP contribution in [0.1, 0.15) is 23.0 Å². The Morgan fingerprint density at radius 3 is 2.85 bits per heavy atom. The number of carbonyl (C=O) groups is 2.